The summed E-state index contributed by atoms with van der Waals surface area (Å²) >= 11 is 9.25. The number of fused-ring (bicyclic) bond motifs is 1. The van der Waals surface area contributed by atoms with Gasteiger partial charge in [-0.05, 0) is 41.7 Å². The molecule has 0 N–H and O–H groups in total. The molecule has 72 valence electrons. The molecule has 1 heterocycles. The van der Waals surface area contributed by atoms with Crippen LogP contribution >= 0.6 is 40.1 Å². The summed E-state index contributed by atoms with van der Waals surface area (Å²) in [6.07, 6.45) is 0. The Morgan fingerprint density at radius 2 is 2.14 bits per heavy atom. The van der Waals surface area contributed by atoms with Crippen LogP contribution in [0.5, 0.6) is 0 Å². The van der Waals surface area contributed by atoms with Gasteiger partial charge in [0.25, 0.3) is 0 Å². The first-order chi connectivity index (χ1) is 6.74. The third-order valence-electron chi connectivity index (χ3n) is 2.01. The number of benzene rings is 1. The van der Waals surface area contributed by atoms with Crippen molar-refractivity contribution in [2.45, 2.75) is 6.92 Å². The van der Waals surface area contributed by atoms with Crippen LogP contribution in [0, 0.1) is 0 Å². The molecule has 1 aromatic heterocycles. The number of hydrogen-bond donors (Lipinski definition) is 1. The number of rotatable bonds is 1. The lowest BCUT2D eigenvalue weighted by molar-refractivity contribution is 1.72. The zero-order valence-corrected chi connectivity index (χ0v) is 10.8. The molecule has 1 aromatic carbocycles. The summed E-state index contributed by atoms with van der Waals surface area (Å²) in [5.41, 5.74) is 0.946. The zero-order valence-electron chi connectivity index (χ0n) is 7.49. The van der Waals surface area contributed by atoms with Crippen LogP contribution in [-0.4, -0.2) is 5.71 Å². The van der Waals surface area contributed by atoms with E-state index in [0.29, 0.717) is 0 Å². The summed E-state index contributed by atoms with van der Waals surface area (Å²) in [5.74, 6) is 0. The highest BCUT2D eigenvalue weighted by molar-refractivity contribution is 9.10. The summed E-state index contributed by atoms with van der Waals surface area (Å²) in [6.45, 7) is 1.96. The van der Waals surface area contributed by atoms with Gasteiger partial charge in [-0.3, -0.25) is 0 Å². The molecular formula is C10H8BrNS2. The molecule has 0 fully saturated rings. The topological polar surface area (TPSA) is 12.4 Å². The van der Waals surface area contributed by atoms with Gasteiger partial charge in [0.05, 0.1) is 10.6 Å². The van der Waals surface area contributed by atoms with Crippen molar-refractivity contribution in [2.24, 2.45) is 4.40 Å². The first-order valence-electron chi connectivity index (χ1n) is 4.10. The summed E-state index contributed by atoms with van der Waals surface area (Å²) in [6, 6.07) is 8.30. The molecule has 0 atom stereocenters. The lowest BCUT2D eigenvalue weighted by atomic mass is 10.2. The van der Waals surface area contributed by atoms with E-state index in [-0.39, 0.29) is 0 Å². The second-order valence-electron chi connectivity index (χ2n) is 2.93. The molecular weight excluding hydrogens is 278 g/mol. The molecule has 4 heteroatoms. The van der Waals surface area contributed by atoms with Gasteiger partial charge in [0.2, 0.25) is 0 Å². The van der Waals surface area contributed by atoms with Crippen molar-refractivity contribution in [1.29, 1.82) is 0 Å². The Morgan fingerprint density at radius 3 is 2.79 bits per heavy atom. The summed E-state index contributed by atoms with van der Waals surface area (Å²) in [4.78, 5) is 1.15. The maximum absolute atomic E-state index is 3.93. The lowest BCUT2D eigenvalue weighted by Crippen LogP contribution is -1.88. The fraction of sp³-hybridized carbons (Fsp3) is 0.100. The molecule has 1 nitrogen and oxygen atoms in total. The second kappa shape index (κ2) is 4.04. The van der Waals surface area contributed by atoms with Crippen LogP contribution in [-0.2, 0) is 0 Å². The van der Waals surface area contributed by atoms with Gasteiger partial charge in [-0.2, -0.15) is 0 Å². The van der Waals surface area contributed by atoms with Crippen molar-refractivity contribution >= 4 is 55.9 Å². The van der Waals surface area contributed by atoms with Crippen molar-refractivity contribution < 1.29 is 0 Å². The van der Waals surface area contributed by atoms with Gasteiger partial charge in [0.1, 0.15) is 0 Å². The summed E-state index contributed by atoms with van der Waals surface area (Å²) in [5, 5.41) is 1.24. The number of nitrogens with zero attached hydrogens (tertiary/aromatic N) is 1. The minimum absolute atomic E-state index is 0.946. The molecule has 0 spiro atoms. The Balaban J connectivity index is 2.75. The van der Waals surface area contributed by atoms with Crippen molar-refractivity contribution in [3.05, 3.63) is 33.6 Å². The number of thiophene rings is 1. The zero-order chi connectivity index (χ0) is 10.1. The Labute approximate surface area is 101 Å². The van der Waals surface area contributed by atoms with Crippen LogP contribution in [0.25, 0.3) is 10.1 Å². The van der Waals surface area contributed by atoms with E-state index >= 15 is 0 Å². The van der Waals surface area contributed by atoms with Gasteiger partial charge in [0, 0.05) is 14.6 Å². The summed E-state index contributed by atoms with van der Waals surface area (Å²) in [7, 11) is 0. The van der Waals surface area contributed by atoms with Crippen molar-refractivity contribution in [3.63, 3.8) is 0 Å². The number of hydrogen-bond acceptors (Lipinski definition) is 3. The van der Waals surface area contributed by atoms with Crippen LogP contribution in [0.4, 0.5) is 0 Å². The second-order valence-corrected chi connectivity index (χ2v) is 4.97. The number of thiol groups is 1. The van der Waals surface area contributed by atoms with Crippen LogP contribution in [0.1, 0.15) is 11.8 Å². The monoisotopic (exact) mass is 285 g/mol. The minimum atomic E-state index is 0.946. The Bertz CT molecular complexity index is 502. The largest absolute Gasteiger partial charge is 0.223 e. The van der Waals surface area contributed by atoms with Crippen LogP contribution in [0.15, 0.2) is 33.1 Å². The highest BCUT2D eigenvalue weighted by Crippen LogP contribution is 2.35. The van der Waals surface area contributed by atoms with E-state index in [2.05, 4.69) is 45.3 Å². The molecule has 0 unspecified atom stereocenters. The minimum Gasteiger partial charge on any atom is -0.223 e. The average molecular weight is 286 g/mol. The SMILES string of the molecule is C/C(=N\S)c1sc2ccccc2c1Br. The maximum Gasteiger partial charge on any atom is 0.0643 e. The molecule has 0 aliphatic rings. The van der Waals surface area contributed by atoms with E-state index in [9.17, 15) is 0 Å². The van der Waals surface area contributed by atoms with E-state index in [0.717, 1.165) is 15.1 Å². The molecule has 0 aliphatic heterocycles. The van der Waals surface area contributed by atoms with Gasteiger partial charge in [-0.15, -0.1) is 11.3 Å². The van der Waals surface area contributed by atoms with E-state index < -0.39 is 0 Å². The highest BCUT2D eigenvalue weighted by atomic mass is 79.9. The Hall–Kier alpha value is -0.320. The highest BCUT2D eigenvalue weighted by Gasteiger charge is 2.10. The smallest absolute Gasteiger partial charge is 0.0643 e. The molecule has 0 saturated heterocycles. The van der Waals surface area contributed by atoms with Gasteiger partial charge in [-0.25, -0.2) is 4.40 Å². The van der Waals surface area contributed by atoms with Gasteiger partial charge >= 0.3 is 0 Å². The standard InChI is InChI=1S/C10H8BrNS2/c1-6(12-13)10-9(11)7-4-2-3-5-8(7)14-10/h2-5,13H,1H3/b12-6+. The Kier molecular flexibility index (Phi) is 2.95. The van der Waals surface area contributed by atoms with Crippen LogP contribution < -0.4 is 0 Å². The Morgan fingerprint density at radius 1 is 1.43 bits per heavy atom. The molecule has 2 aromatic rings. The predicted molar refractivity (Wildman–Crippen MR) is 70.7 cm³/mol. The van der Waals surface area contributed by atoms with E-state index in [1.165, 1.54) is 10.1 Å². The normalized spacial score (nSPS) is 12.4. The van der Waals surface area contributed by atoms with Crippen molar-refractivity contribution in [3.8, 4) is 0 Å². The molecule has 14 heavy (non-hydrogen) atoms. The van der Waals surface area contributed by atoms with Crippen molar-refractivity contribution in [1.82, 2.24) is 0 Å². The molecule has 0 radical (unpaired) electrons. The van der Waals surface area contributed by atoms with Crippen LogP contribution in [0.3, 0.4) is 0 Å². The van der Waals surface area contributed by atoms with E-state index in [4.69, 9.17) is 0 Å². The van der Waals surface area contributed by atoms with Crippen molar-refractivity contribution in [2.75, 3.05) is 0 Å². The van der Waals surface area contributed by atoms with Gasteiger partial charge in [-0.1, -0.05) is 18.2 Å². The molecule has 2 rings (SSSR count). The predicted octanol–water partition coefficient (Wildman–Crippen LogP) is 4.32. The molecule has 0 bridgehead atoms. The summed E-state index contributed by atoms with van der Waals surface area (Å²) < 4.78 is 6.29. The van der Waals surface area contributed by atoms with Gasteiger partial charge < -0.3 is 0 Å². The molecule has 0 amide bonds. The lowest BCUT2D eigenvalue weighted by Gasteiger charge is -1.93. The third-order valence-corrected chi connectivity index (χ3v) is 4.68. The van der Waals surface area contributed by atoms with Gasteiger partial charge in [0.15, 0.2) is 0 Å². The first-order valence-corrected chi connectivity index (χ1v) is 6.11. The average Bonchev–Trinajstić information content (AvgIpc) is 2.56. The van der Waals surface area contributed by atoms with E-state index in [1.54, 1.807) is 11.3 Å². The first kappa shape index (κ1) is 10.2. The molecule has 0 aliphatic carbocycles. The molecule has 0 saturated carbocycles. The van der Waals surface area contributed by atoms with E-state index in [1.807, 2.05) is 19.1 Å². The third kappa shape index (κ3) is 1.62. The maximum atomic E-state index is 3.93. The fourth-order valence-electron chi connectivity index (χ4n) is 1.29. The fourth-order valence-corrected chi connectivity index (χ4v) is 3.51. The van der Waals surface area contributed by atoms with Crippen LogP contribution in [0.2, 0.25) is 0 Å². The number of halogens is 1. The quantitative estimate of drug-likeness (QED) is 0.592.